The number of pyridine rings is 1. The number of nitrogens with one attached hydrogen (secondary N) is 1. The van der Waals surface area contributed by atoms with E-state index in [4.69, 9.17) is 4.74 Å². The zero-order valence-electron chi connectivity index (χ0n) is 10.1. The summed E-state index contributed by atoms with van der Waals surface area (Å²) in [5.41, 5.74) is 2.65. The maximum Gasteiger partial charge on any atom is 0.137 e. The van der Waals surface area contributed by atoms with Gasteiger partial charge in [0.05, 0.1) is 13.3 Å². The Morgan fingerprint density at radius 1 is 1.29 bits per heavy atom. The van der Waals surface area contributed by atoms with Crippen molar-refractivity contribution in [2.45, 2.75) is 12.8 Å². The van der Waals surface area contributed by atoms with Gasteiger partial charge >= 0.3 is 0 Å². The van der Waals surface area contributed by atoms with E-state index in [-0.39, 0.29) is 0 Å². The highest BCUT2D eigenvalue weighted by molar-refractivity contribution is 5.67. The maximum absolute atomic E-state index is 5.23. The van der Waals surface area contributed by atoms with Gasteiger partial charge in [-0.05, 0) is 55.0 Å². The topological polar surface area (TPSA) is 34.1 Å². The van der Waals surface area contributed by atoms with Gasteiger partial charge in [0.25, 0.3) is 0 Å². The van der Waals surface area contributed by atoms with Gasteiger partial charge in [0.1, 0.15) is 5.75 Å². The van der Waals surface area contributed by atoms with Crippen molar-refractivity contribution in [1.82, 2.24) is 10.3 Å². The third kappa shape index (κ3) is 2.07. The summed E-state index contributed by atoms with van der Waals surface area (Å²) < 4.78 is 5.23. The van der Waals surface area contributed by atoms with Gasteiger partial charge in [-0.25, -0.2) is 0 Å². The van der Waals surface area contributed by atoms with E-state index in [0.29, 0.717) is 0 Å². The zero-order chi connectivity index (χ0) is 11.7. The Labute approximate surface area is 102 Å². The highest BCUT2D eigenvalue weighted by Gasteiger charge is 2.30. The fraction of sp³-hybridized carbons (Fsp3) is 0.500. The van der Waals surface area contributed by atoms with Crippen molar-refractivity contribution >= 4 is 5.57 Å². The average molecular weight is 230 g/mol. The number of methoxy groups -OCH3 is 1. The van der Waals surface area contributed by atoms with Gasteiger partial charge in [0.2, 0.25) is 0 Å². The molecule has 3 rings (SSSR count). The standard InChI is InChI=1S/C14H18N2O/c1-17-14-5-13(8-16-9-14)10-2-3-11-6-15-7-12(11)4-10/h2,5,8-9,11-12,15H,3-4,6-7H2,1H3/t11-,12+/m1/s1. The molecule has 1 aromatic heterocycles. The van der Waals surface area contributed by atoms with Crippen molar-refractivity contribution in [2.75, 3.05) is 20.2 Å². The second-order valence-corrected chi connectivity index (χ2v) is 4.96. The third-order valence-electron chi connectivity index (χ3n) is 3.95. The van der Waals surface area contributed by atoms with Crippen LogP contribution in [0, 0.1) is 11.8 Å². The molecule has 2 atom stereocenters. The molecule has 2 aliphatic rings. The molecule has 0 aromatic carbocycles. The average Bonchev–Trinajstić information content (AvgIpc) is 2.86. The molecule has 0 saturated carbocycles. The van der Waals surface area contributed by atoms with Gasteiger partial charge in [-0.15, -0.1) is 0 Å². The monoisotopic (exact) mass is 230 g/mol. The molecule has 90 valence electrons. The molecule has 0 unspecified atom stereocenters. The lowest BCUT2D eigenvalue weighted by Gasteiger charge is -2.24. The highest BCUT2D eigenvalue weighted by Crippen LogP contribution is 2.36. The van der Waals surface area contributed by atoms with Crippen molar-refractivity contribution < 1.29 is 4.74 Å². The molecule has 1 saturated heterocycles. The van der Waals surface area contributed by atoms with Gasteiger partial charge < -0.3 is 10.1 Å². The van der Waals surface area contributed by atoms with E-state index in [1.54, 1.807) is 13.3 Å². The summed E-state index contributed by atoms with van der Waals surface area (Å²) in [5.74, 6) is 2.49. The molecule has 0 bridgehead atoms. The number of rotatable bonds is 2. The van der Waals surface area contributed by atoms with Gasteiger partial charge in [-0.3, -0.25) is 4.98 Å². The highest BCUT2D eigenvalue weighted by atomic mass is 16.5. The van der Waals surface area contributed by atoms with Crippen LogP contribution in [-0.4, -0.2) is 25.2 Å². The second-order valence-electron chi connectivity index (χ2n) is 4.96. The van der Waals surface area contributed by atoms with E-state index in [9.17, 15) is 0 Å². The van der Waals surface area contributed by atoms with E-state index in [0.717, 1.165) is 17.6 Å². The minimum Gasteiger partial charge on any atom is -0.495 e. The Bertz CT molecular complexity index is 442. The second kappa shape index (κ2) is 4.49. The molecular formula is C14H18N2O. The summed E-state index contributed by atoms with van der Waals surface area (Å²) in [6.45, 7) is 2.35. The van der Waals surface area contributed by atoms with Crippen molar-refractivity contribution in [3.05, 3.63) is 30.1 Å². The molecular weight excluding hydrogens is 212 g/mol. The van der Waals surface area contributed by atoms with Gasteiger partial charge in [0, 0.05) is 6.20 Å². The number of fused-ring (bicyclic) bond motifs is 1. The van der Waals surface area contributed by atoms with Gasteiger partial charge in [0.15, 0.2) is 0 Å². The first-order valence-corrected chi connectivity index (χ1v) is 6.26. The molecule has 0 amide bonds. The Hall–Kier alpha value is -1.35. The van der Waals surface area contributed by atoms with Crippen LogP contribution in [0.1, 0.15) is 18.4 Å². The maximum atomic E-state index is 5.23. The number of hydrogen-bond donors (Lipinski definition) is 1. The summed E-state index contributed by atoms with van der Waals surface area (Å²) in [6.07, 6.45) is 8.45. The van der Waals surface area contributed by atoms with Crippen LogP contribution in [0.5, 0.6) is 5.75 Å². The Kier molecular flexibility index (Phi) is 2.85. The minimum atomic E-state index is 0.807. The molecule has 2 heterocycles. The van der Waals surface area contributed by atoms with Crippen LogP contribution in [0.4, 0.5) is 0 Å². The lowest BCUT2D eigenvalue weighted by Crippen LogP contribution is -2.16. The normalized spacial score (nSPS) is 27.5. The Morgan fingerprint density at radius 2 is 2.18 bits per heavy atom. The lowest BCUT2D eigenvalue weighted by atomic mass is 9.80. The number of aromatic nitrogens is 1. The molecule has 1 aliphatic heterocycles. The Balaban J connectivity index is 1.84. The number of allylic oxidation sites excluding steroid dienone is 2. The van der Waals surface area contributed by atoms with Crippen LogP contribution in [0.3, 0.4) is 0 Å². The van der Waals surface area contributed by atoms with E-state index < -0.39 is 0 Å². The summed E-state index contributed by atoms with van der Waals surface area (Å²) >= 11 is 0. The molecule has 3 nitrogen and oxygen atoms in total. The summed E-state index contributed by atoms with van der Waals surface area (Å²) in [5, 5.41) is 3.49. The van der Waals surface area contributed by atoms with Crippen molar-refractivity contribution in [2.24, 2.45) is 11.8 Å². The van der Waals surface area contributed by atoms with E-state index in [2.05, 4.69) is 22.4 Å². The SMILES string of the molecule is COc1cncc(C2=CC[C@@H]3CNC[C@@H]3C2)c1. The van der Waals surface area contributed by atoms with Crippen LogP contribution in [0.2, 0.25) is 0 Å². The fourth-order valence-corrected chi connectivity index (χ4v) is 2.90. The molecule has 1 N–H and O–H groups in total. The lowest BCUT2D eigenvalue weighted by molar-refractivity contribution is 0.411. The summed E-state index contributed by atoms with van der Waals surface area (Å²) in [7, 11) is 1.69. The van der Waals surface area contributed by atoms with Crippen molar-refractivity contribution in [3.8, 4) is 5.75 Å². The molecule has 0 spiro atoms. The number of nitrogens with zero attached hydrogens (tertiary/aromatic N) is 1. The largest absolute Gasteiger partial charge is 0.495 e. The molecule has 3 heteroatoms. The zero-order valence-corrected chi connectivity index (χ0v) is 10.1. The number of hydrogen-bond acceptors (Lipinski definition) is 3. The van der Waals surface area contributed by atoms with Crippen LogP contribution >= 0.6 is 0 Å². The first kappa shape index (κ1) is 10.8. The van der Waals surface area contributed by atoms with Crippen LogP contribution in [-0.2, 0) is 0 Å². The first-order valence-electron chi connectivity index (χ1n) is 6.26. The van der Waals surface area contributed by atoms with Gasteiger partial charge in [-0.1, -0.05) is 6.08 Å². The van der Waals surface area contributed by atoms with Crippen LogP contribution in [0.25, 0.3) is 5.57 Å². The van der Waals surface area contributed by atoms with Gasteiger partial charge in [-0.2, -0.15) is 0 Å². The Morgan fingerprint density at radius 3 is 3.06 bits per heavy atom. The molecule has 1 fully saturated rings. The van der Waals surface area contributed by atoms with Crippen LogP contribution in [0.15, 0.2) is 24.5 Å². The minimum absolute atomic E-state index is 0.807. The summed E-state index contributed by atoms with van der Waals surface area (Å²) in [4.78, 5) is 4.23. The molecule has 1 aliphatic carbocycles. The fourth-order valence-electron chi connectivity index (χ4n) is 2.90. The van der Waals surface area contributed by atoms with E-state index in [1.165, 1.54) is 37.1 Å². The van der Waals surface area contributed by atoms with E-state index in [1.807, 2.05) is 6.20 Å². The summed E-state index contributed by atoms with van der Waals surface area (Å²) in [6, 6.07) is 2.08. The third-order valence-corrected chi connectivity index (χ3v) is 3.95. The predicted molar refractivity (Wildman–Crippen MR) is 67.8 cm³/mol. The molecule has 0 radical (unpaired) electrons. The quantitative estimate of drug-likeness (QED) is 0.845. The predicted octanol–water partition coefficient (Wildman–Crippen LogP) is 2.10. The van der Waals surface area contributed by atoms with Crippen molar-refractivity contribution in [1.29, 1.82) is 0 Å². The molecule has 1 aromatic rings. The number of ether oxygens (including phenoxy) is 1. The molecule has 17 heavy (non-hydrogen) atoms. The first-order chi connectivity index (χ1) is 8.36. The van der Waals surface area contributed by atoms with Crippen LogP contribution < -0.4 is 10.1 Å². The smallest absolute Gasteiger partial charge is 0.137 e. The van der Waals surface area contributed by atoms with Crippen molar-refractivity contribution in [3.63, 3.8) is 0 Å². The van der Waals surface area contributed by atoms with E-state index >= 15 is 0 Å².